The number of nitrogens with zero attached hydrogens (tertiary/aromatic N) is 2. The highest BCUT2D eigenvalue weighted by molar-refractivity contribution is 7.20. The molecule has 3 aromatic heterocycles. The molecule has 0 atom stereocenters. The third-order valence-corrected chi connectivity index (χ3v) is 5.70. The van der Waals surface area contributed by atoms with E-state index in [0.717, 1.165) is 15.6 Å². The van der Waals surface area contributed by atoms with Gasteiger partial charge in [0.05, 0.1) is 16.5 Å². The number of carboxylic acids is 1. The Hall–Kier alpha value is -4.24. The Labute approximate surface area is 185 Å². The number of aromatic nitrogens is 2. The smallest absolute Gasteiger partial charge is 0.335 e. The lowest BCUT2D eigenvalue weighted by atomic mass is 10.1. The fourth-order valence-corrected chi connectivity index (χ4v) is 3.99. The summed E-state index contributed by atoms with van der Waals surface area (Å²) in [4.78, 5) is 31.9. The molecule has 5 rings (SSSR count). The number of furan rings is 1. The third kappa shape index (κ3) is 3.88. The molecule has 0 fully saturated rings. The van der Waals surface area contributed by atoms with Gasteiger partial charge in [0.15, 0.2) is 5.65 Å². The van der Waals surface area contributed by atoms with Crippen LogP contribution in [0.25, 0.3) is 21.3 Å². The van der Waals surface area contributed by atoms with Crippen LogP contribution in [-0.2, 0) is 6.54 Å². The van der Waals surface area contributed by atoms with Gasteiger partial charge in [0.25, 0.3) is 11.1 Å². The van der Waals surface area contributed by atoms with Gasteiger partial charge in [0.1, 0.15) is 11.3 Å². The monoisotopic (exact) mass is 445 g/mol. The molecule has 8 nitrogen and oxygen atoms in total. The summed E-state index contributed by atoms with van der Waals surface area (Å²) in [6.07, 6.45) is 3.27. The average Bonchev–Trinajstić information content (AvgIpc) is 3.40. The first-order valence-corrected chi connectivity index (χ1v) is 10.4. The molecule has 32 heavy (non-hydrogen) atoms. The van der Waals surface area contributed by atoms with Crippen LogP contribution in [0.3, 0.4) is 0 Å². The van der Waals surface area contributed by atoms with Crippen LogP contribution >= 0.6 is 11.3 Å². The molecule has 158 valence electrons. The number of benzene rings is 2. The van der Waals surface area contributed by atoms with E-state index in [9.17, 15) is 9.59 Å². The number of carbonyl (C=O) groups is 2. The second-order valence-electron chi connectivity index (χ2n) is 6.89. The molecule has 5 aromatic rings. The highest BCUT2D eigenvalue weighted by Crippen LogP contribution is 2.32. The predicted molar refractivity (Wildman–Crippen MR) is 118 cm³/mol. The second kappa shape index (κ2) is 8.12. The molecule has 1 amide bonds. The van der Waals surface area contributed by atoms with E-state index in [-0.39, 0.29) is 18.0 Å². The van der Waals surface area contributed by atoms with Crippen molar-refractivity contribution < 1.29 is 23.8 Å². The topological polar surface area (TPSA) is 115 Å². The molecule has 3 heterocycles. The van der Waals surface area contributed by atoms with Gasteiger partial charge in [-0.05, 0) is 48.5 Å². The van der Waals surface area contributed by atoms with Crippen molar-refractivity contribution in [1.82, 2.24) is 15.3 Å². The highest BCUT2D eigenvalue weighted by atomic mass is 32.1. The minimum atomic E-state index is -1.04. The van der Waals surface area contributed by atoms with Gasteiger partial charge in [0, 0.05) is 35.3 Å². The van der Waals surface area contributed by atoms with E-state index in [0.29, 0.717) is 27.7 Å². The number of hydrogen-bond acceptors (Lipinski definition) is 7. The Morgan fingerprint density at radius 1 is 1.09 bits per heavy atom. The molecule has 2 N–H and O–H groups in total. The van der Waals surface area contributed by atoms with Gasteiger partial charge < -0.3 is 19.6 Å². The minimum Gasteiger partial charge on any atom is -0.478 e. The first kappa shape index (κ1) is 19.7. The average molecular weight is 445 g/mol. The lowest BCUT2D eigenvalue weighted by molar-refractivity contribution is 0.0696. The molecule has 0 aliphatic rings. The van der Waals surface area contributed by atoms with Gasteiger partial charge >= 0.3 is 5.97 Å². The molecule has 0 aliphatic carbocycles. The SMILES string of the molecule is O=C(O)c1ccc(C(=O)NCc2coc3cc(Oc4nc5ncccc5s4)ccc23)cc1. The summed E-state index contributed by atoms with van der Waals surface area (Å²) >= 11 is 1.41. The zero-order valence-corrected chi connectivity index (χ0v) is 17.3. The van der Waals surface area contributed by atoms with Gasteiger partial charge in [-0.25, -0.2) is 9.78 Å². The zero-order valence-electron chi connectivity index (χ0n) is 16.4. The number of thiazole rings is 1. The summed E-state index contributed by atoms with van der Waals surface area (Å²) in [6, 6.07) is 15.0. The Morgan fingerprint density at radius 2 is 1.91 bits per heavy atom. The van der Waals surface area contributed by atoms with Crippen LogP contribution < -0.4 is 10.1 Å². The molecule has 0 aliphatic heterocycles. The number of nitrogens with one attached hydrogen (secondary N) is 1. The summed E-state index contributed by atoms with van der Waals surface area (Å²) in [6.45, 7) is 0.260. The van der Waals surface area contributed by atoms with Crippen LogP contribution in [-0.4, -0.2) is 27.0 Å². The molecule has 9 heteroatoms. The Kier molecular flexibility index (Phi) is 5.00. The molecule has 0 saturated heterocycles. The van der Waals surface area contributed by atoms with Crippen molar-refractivity contribution in [3.63, 3.8) is 0 Å². The van der Waals surface area contributed by atoms with Crippen LogP contribution in [0.1, 0.15) is 26.3 Å². The first-order valence-electron chi connectivity index (χ1n) is 9.58. The van der Waals surface area contributed by atoms with Crippen molar-refractivity contribution in [3.05, 3.63) is 83.7 Å². The van der Waals surface area contributed by atoms with Crippen LogP contribution in [0, 0.1) is 0 Å². The number of ether oxygens (including phenoxy) is 1. The van der Waals surface area contributed by atoms with Gasteiger partial charge in [0.2, 0.25) is 0 Å². The summed E-state index contributed by atoms with van der Waals surface area (Å²) in [5.74, 6) is -0.759. The van der Waals surface area contributed by atoms with E-state index in [2.05, 4.69) is 15.3 Å². The van der Waals surface area contributed by atoms with Gasteiger partial charge in [-0.15, -0.1) is 0 Å². The van der Waals surface area contributed by atoms with E-state index < -0.39 is 5.97 Å². The van der Waals surface area contributed by atoms with Gasteiger partial charge in [-0.3, -0.25) is 4.79 Å². The van der Waals surface area contributed by atoms with Crippen molar-refractivity contribution >= 4 is 44.5 Å². The standard InChI is InChI=1S/C23H15N3O5S/c27-21(13-3-5-14(6-4-13)22(28)29)25-11-15-12-30-18-10-16(7-8-17(15)18)31-23-26-20-19(32-23)2-1-9-24-20/h1-10,12H,11H2,(H,25,27)(H,28,29). The maximum absolute atomic E-state index is 12.4. The molecule has 0 bridgehead atoms. The van der Waals surface area contributed by atoms with Gasteiger partial charge in [-0.2, -0.15) is 4.98 Å². The fraction of sp³-hybridized carbons (Fsp3) is 0.0435. The van der Waals surface area contributed by atoms with Crippen molar-refractivity contribution in [2.75, 3.05) is 0 Å². The molecule has 0 spiro atoms. The van der Waals surface area contributed by atoms with Crippen molar-refractivity contribution in [3.8, 4) is 10.9 Å². The molecule has 0 saturated carbocycles. The van der Waals surface area contributed by atoms with Gasteiger partial charge in [-0.1, -0.05) is 11.3 Å². The molecule has 0 radical (unpaired) electrons. The number of fused-ring (bicyclic) bond motifs is 2. The third-order valence-electron chi connectivity index (χ3n) is 4.81. The minimum absolute atomic E-state index is 0.127. The Balaban J connectivity index is 1.28. The first-order chi connectivity index (χ1) is 15.6. The van der Waals surface area contributed by atoms with Crippen LogP contribution in [0.15, 0.2) is 71.5 Å². The quantitative estimate of drug-likeness (QED) is 0.384. The normalized spacial score (nSPS) is 11.0. The number of amides is 1. The highest BCUT2D eigenvalue weighted by Gasteiger charge is 2.12. The van der Waals surface area contributed by atoms with Crippen LogP contribution in [0.2, 0.25) is 0 Å². The Bertz CT molecular complexity index is 1420. The maximum Gasteiger partial charge on any atom is 0.335 e. The number of hydrogen-bond donors (Lipinski definition) is 2. The summed E-state index contributed by atoms with van der Waals surface area (Å²) in [7, 11) is 0. The van der Waals surface area contributed by atoms with Crippen LogP contribution in [0.5, 0.6) is 10.9 Å². The number of pyridine rings is 1. The molecular formula is C23H15N3O5S. The molecular weight excluding hydrogens is 430 g/mol. The molecule has 0 unspecified atom stereocenters. The second-order valence-corrected chi connectivity index (χ2v) is 7.88. The summed E-state index contributed by atoms with van der Waals surface area (Å²) in [5, 5.41) is 13.1. The lowest BCUT2D eigenvalue weighted by Gasteiger charge is -2.05. The van der Waals surface area contributed by atoms with E-state index in [1.807, 2.05) is 24.3 Å². The van der Waals surface area contributed by atoms with Crippen molar-refractivity contribution in [2.45, 2.75) is 6.54 Å². The van der Waals surface area contributed by atoms with E-state index in [1.54, 1.807) is 18.5 Å². The van der Waals surface area contributed by atoms with Crippen molar-refractivity contribution in [2.24, 2.45) is 0 Å². The largest absolute Gasteiger partial charge is 0.478 e. The maximum atomic E-state index is 12.4. The number of carboxylic acid groups (broad SMARTS) is 1. The number of rotatable bonds is 6. The van der Waals surface area contributed by atoms with Crippen molar-refractivity contribution in [1.29, 1.82) is 0 Å². The Morgan fingerprint density at radius 3 is 2.69 bits per heavy atom. The fourth-order valence-electron chi connectivity index (χ4n) is 3.20. The summed E-state index contributed by atoms with van der Waals surface area (Å²) in [5.41, 5.74) is 2.58. The lowest BCUT2D eigenvalue weighted by Crippen LogP contribution is -2.22. The number of carbonyl (C=O) groups excluding carboxylic acids is 1. The number of aromatic carboxylic acids is 1. The summed E-state index contributed by atoms with van der Waals surface area (Å²) < 4.78 is 12.4. The zero-order chi connectivity index (χ0) is 22.1. The van der Waals surface area contributed by atoms with E-state index >= 15 is 0 Å². The van der Waals surface area contributed by atoms with E-state index in [4.69, 9.17) is 14.3 Å². The predicted octanol–water partition coefficient (Wildman–Crippen LogP) is 4.86. The van der Waals surface area contributed by atoms with Crippen LogP contribution in [0.4, 0.5) is 0 Å². The van der Waals surface area contributed by atoms with E-state index in [1.165, 1.54) is 35.6 Å². The molecule has 2 aromatic carbocycles.